The number of carbonyl (C=O) groups is 2. The molecule has 0 aromatic heterocycles. The van der Waals surface area contributed by atoms with Crippen LogP contribution in [-0.2, 0) is 10.2 Å². The van der Waals surface area contributed by atoms with E-state index in [4.69, 9.17) is 0 Å². The van der Waals surface area contributed by atoms with E-state index in [1.54, 1.807) is 0 Å². The van der Waals surface area contributed by atoms with E-state index in [9.17, 15) is 9.59 Å². The molecule has 2 aromatic rings. The number of likely N-dealkylation sites (tertiary alicyclic amines) is 1. The molecule has 1 fully saturated rings. The molecule has 4 nitrogen and oxygen atoms in total. The molecule has 0 spiro atoms. The van der Waals surface area contributed by atoms with Gasteiger partial charge in [-0.2, -0.15) is 0 Å². The number of amides is 2. The van der Waals surface area contributed by atoms with Crippen LogP contribution in [-0.4, -0.2) is 29.8 Å². The van der Waals surface area contributed by atoms with E-state index in [1.807, 2.05) is 36.1 Å². The van der Waals surface area contributed by atoms with E-state index in [1.165, 1.54) is 5.56 Å². The highest BCUT2D eigenvalue weighted by Gasteiger charge is 2.30. The zero-order chi connectivity index (χ0) is 23.5. The predicted octanol–water partition coefficient (Wildman–Crippen LogP) is 5.66. The highest BCUT2D eigenvalue weighted by Crippen LogP contribution is 2.28. The fourth-order valence-corrected chi connectivity index (χ4v) is 4.42. The summed E-state index contributed by atoms with van der Waals surface area (Å²) in [6.45, 7) is 14.1. The average Bonchev–Trinajstić information content (AvgIpc) is 2.76. The van der Waals surface area contributed by atoms with Crippen LogP contribution >= 0.6 is 0 Å². The van der Waals surface area contributed by atoms with Crippen LogP contribution in [0.3, 0.4) is 0 Å². The lowest BCUT2D eigenvalue weighted by molar-refractivity contribution is -0.127. The number of hydrogen-bond donors (Lipinski definition) is 1. The molecule has 4 heteroatoms. The lowest BCUT2D eigenvalue weighted by atomic mass is 9.85. The van der Waals surface area contributed by atoms with Crippen molar-refractivity contribution >= 4 is 11.8 Å². The van der Waals surface area contributed by atoms with Gasteiger partial charge in [-0.25, -0.2) is 0 Å². The van der Waals surface area contributed by atoms with Gasteiger partial charge in [-0.05, 0) is 53.9 Å². The number of aryl methyl sites for hydroxylation is 1. The summed E-state index contributed by atoms with van der Waals surface area (Å²) in [5.41, 5.74) is 4.30. The molecule has 2 amide bonds. The predicted molar refractivity (Wildman–Crippen MR) is 131 cm³/mol. The first kappa shape index (κ1) is 24.0. The largest absolute Gasteiger partial charge is 0.349 e. The van der Waals surface area contributed by atoms with E-state index in [-0.39, 0.29) is 29.2 Å². The lowest BCUT2D eigenvalue weighted by Gasteiger charge is -2.33. The molecule has 1 saturated heterocycles. The maximum absolute atomic E-state index is 13.1. The number of nitrogens with zero attached hydrogens (tertiary/aromatic N) is 1. The maximum atomic E-state index is 13.1. The first-order valence-corrected chi connectivity index (χ1v) is 11.8. The van der Waals surface area contributed by atoms with Crippen molar-refractivity contribution in [1.82, 2.24) is 10.2 Å². The van der Waals surface area contributed by atoms with Gasteiger partial charge in [-0.1, -0.05) is 77.1 Å². The number of carbonyl (C=O) groups excluding carboxylic acids is 2. The second kappa shape index (κ2) is 9.89. The molecular weight excluding hydrogens is 396 g/mol. The highest BCUT2D eigenvalue weighted by atomic mass is 16.2. The van der Waals surface area contributed by atoms with Gasteiger partial charge in [0.1, 0.15) is 0 Å². The summed E-state index contributed by atoms with van der Waals surface area (Å²) in [6.07, 6.45) is 1.41. The molecule has 32 heavy (non-hydrogen) atoms. The van der Waals surface area contributed by atoms with Crippen molar-refractivity contribution < 1.29 is 9.59 Å². The van der Waals surface area contributed by atoms with Gasteiger partial charge in [0.15, 0.2) is 0 Å². The van der Waals surface area contributed by atoms with E-state index in [0.717, 1.165) is 16.7 Å². The molecule has 0 aliphatic carbocycles. The Morgan fingerprint density at radius 2 is 1.56 bits per heavy atom. The first-order valence-electron chi connectivity index (χ1n) is 11.8. The van der Waals surface area contributed by atoms with Gasteiger partial charge in [0.2, 0.25) is 5.91 Å². The van der Waals surface area contributed by atoms with Gasteiger partial charge in [0.25, 0.3) is 5.91 Å². The summed E-state index contributed by atoms with van der Waals surface area (Å²) in [5.74, 6) is 0.417. The van der Waals surface area contributed by atoms with Crippen LogP contribution in [0.4, 0.5) is 0 Å². The zero-order valence-corrected chi connectivity index (χ0v) is 20.4. The van der Waals surface area contributed by atoms with Crippen molar-refractivity contribution in [2.75, 3.05) is 13.1 Å². The lowest BCUT2D eigenvalue weighted by Crippen LogP contribution is -2.44. The third kappa shape index (κ3) is 5.59. The molecule has 0 unspecified atom stereocenters. The molecule has 3 rings (SSSR count). The van der Waals surface area contributed by atoms with E-state index in [2.05, 4.69) is 64.2 Å². The van der Waals surface area contributed by atoms with E-state index in [0.29, 0.717) is 31.8 Å². The Bertz CT molecular complexity index is 933. The number of hydrogen-bond acceptors (Lipinski definition) is 2. The minimum atomic E-state index is -0.0500. The summed E-state index contributed by atoms with van der Waals surface area (Å²) < 4.78 is 0. The van der Waals surface area contributed by atoms with Gasteiger partial charge >= 0.3 is 0 Å². The summed E-state index contributed by atoms with van der Waals surface area (Å²) >= 11 is 0. The Morgan fingerprint density at radius 1 is 0.969 bits per heavy atom. The van der Waals surface area contributed by atoms with Gasteiger partial charge in [-0.3, -0.25) is 9.59 Å². The molecule has 172 valence electrons. The Morgan fingerprint density at radius 3 is 2.09 bits per heavy atom. The first-order chi connectivity index (χ1) is 15.1. The van der Waals surface area contributed by atoms with Crippen LogP contribution in [0.15, 0.2) is 48.5 Å². The van der Waals surface area contributed by atoms with Crippen LogP contribution in [0, 0.1) is 18.8 Å². The SMILES string of the molecule is Cc1ccccc1C(=O)N1CCC(C(=O)N[C@H](c2ccc(C(C)(C)C)cc2)C(C)C)CC1. The van der Waals surface area contributed by atoms with Crippen molar-refractivity contribution in [3.05, 3.63) is 70.8 Å². The molecule has 0 radical (unpaired) electrons. The van der Waals surface area contributed by atoms with Gasteiger partial charge < -0.3 is 10.2 Å². The molecule has 1 N–H and O–H groups in total. The van der Waals surface area contributed by atoms with Crippen LogP contribution in [0.1, 0.15) is 80.6 Å². The number of benzene rings is 2. The quantitative estimate of drug-likeness (QED) is 0.660. The smallest absolute Gasteiger partial charge is 0.254 e. The third-order valence-corrected chi connectivity index (χ3v) is 6.63. The van der Waals surface area contributed by atoms with Crippen molar-refractivity contribution in [2.24, 2.45) is 11.8 Å². The third-order valence-electron chi connectivity index (χ3n) is 6.63. The second-order valence-corrected chi connectivity index (χ2v) is 10.5. The van der Waals surface area contributed by atoms with Crippen LogP contribution in [0.25, 0.3) is 0 Å². The van der Waals surface area contributed by atoms with Crippen LogP contribution < -0.4 is 5.32 Å². The Balaban J connectivity index is 1.61. The molecule has 1 aliphatic heterocycles. The fourth-order valence-electron chi connectivity index (χ4n) is 4.42. The molecule has 1 aliphatic rings. The molecule has 1 atom stereocenters. The zero-order valence-electron chi connectivity index (χ0n) is 20.4. The Kier molecular flexibility index (Phi) is 7.43. The minimum absolute atomic E-state index is 0.0110. The molecule has 0 bridgehead atoms. The Labute approximate surface area is 193 Å². The van der Waals surface area contributed by atoms with Crippen molar-refractivity contribution in [2.45, 2.75) is 65.8 Å². The summed E-state index contributed by atoms with van der Waals surface area (Å²) in [7, 11) is 0. The van der Waals surface area contributed by atoms with E-state index >= 15 is 0 Å². The second-order valence-electron chi connectivity index (χ2n) is 10.5. The minimum Gasteiger partial charge on any atom is -0.349 e. The molecule has 0 saturated carbocycles. The molecule has 1 heterocycles. The highest BCUT2D eigenvalue weighted by molar-refractivity contribution is 5.95. The Hall–Kier alpha value is -2.62. The maximum Gasteiger partial charge on any atom is 0.254 e. The monoisotopic (exact) mass is 434 g/mol. The van der Waals surface area contributed by atoms with E-state index < -0.39 is 0 Å². The van der Waals surface area contributed by atoms with Gasteiger partial charge in [-0.15, -0.1) is 0 Å². The molecule has 2 aromatic carbocycles. The summed E-state index contributed by atoms with van der Waals surface area (Å²) in [6, 6.07) is 16.3. The fraction of sp³-hybridized carbons (Fsp3) is 0.500. The van der Waals surface area contributed by atoms with Crippen LogP contribution in [0.5, 0.6) is 0 Å². The van der Waals surface area contributed by atoms with Crippen molar-refractivity contribution in [3.8, 4) is 0 Å². The van der Waals surface area contributed by atoms with Crippen molar-refractivity contribution in [1.29, 1.82) is 0 Å². The standard InChI is InChI=1S/C28H38N2O2/c1-19(2)25(21-11-13-23(14-12-21)28(4,5)6)29-26(31)22-15-17-30(18-16-22)27(32)24-10-8-7-9-20(24)3/h7-14,19,22,25H,15-18H2,1-6H3,(H,29,31)/t25-/m0/s1. The topological polar surface area (TPSA) is 49.4 Å². The summed E-state index contributed by atoms with van der Waals surface area (Å²) in [4.78, 5) is 27.9. The average molecular weight is 435 g/mol. The van der Waals surface area contributed by atoms with Gasteiger partial charge in [0.05, 0.1) is 6.04 Å². The summed E-state index contributed by atoms with van der Waals surface area (Å²) in [5, 5.41) is 3.30. The number of rotatable bonds is 5. The number of piperidine rings is 1. The van der Waals surface area contributed by atoms with Gasteiger partial charge in [0, 0.05) is 24.6 Å². The van der Waals surface area contributed by atoms with Crippen LogP contribution in [0.2, 0.25) is 0 Å². The molecular formula is C28H38N2O2. The number of nitrogens with one attached hydrogen (secondary N) is 1. The van der Waals surface area contributed by atoms with Crippen molar-refractivity contribution in [3.63, 3.8) is 0 Å². The normalized spacial score (nSPS) is 16.2.